The van der Waals surface area contributed by atoms with E-state index in [0.29, 0.717) is 55.1 Å². The average Bonchev–Trinajstić information content (AvgIpc) is 3.25. The second-order valence-electron chi connectivity index (χ2n) is 15.8. The van der Waals surface area contributed by atoms with Crippen molar-refractivity contribution in [1.29, 1.82) is 0 Å². The van der Waals surface area contributed by atoms with Gasteiger partial charge in [-0.15, -0.1) is 0 Å². The molecule has 2 N–H and O–H groups in total. The molecule has 0 heterocycles. The third-order valence-corrected chi connectivity index (χ3v) is 10.4. The fourth-order valence-electron chi connectivity index (χ4n) is 6.42. The molecular weight excluding hydrogens is 921 g/mol. The minimum absolute atomic E-state index is 0. The Kier molecular flexibility index (Phi) is 47.2. The van der Waals surface area contributed by atoms with Crippen LogP contribution in [0.25, 0.3) is 0 Å². The summed E-state index contributed by atoms with van der Waals surface area (Å²) < 4.78 is 4.94. The summed E-state index contributed by atoms with van der Waals surface area (Å²) in [6, 6.07) is 13.6. The molecule has 0 bridgehead atoms. The van der Waals surface area contributed by atoms with Gasteiger partial charge in [0, 0.05) is 60.0 Å². The van der Waals surface area contributed by atoms with E-state index in [1.165, 1.54) is 37.4 Å². The molecule has 17 heteroatoms. The Hall–Kier alpha value is -2.43. The van der Waals surface area contributed by atoms with Gasteiger partial charge in [0.2, 0.25) is 0 Å². The fraction of sp³-hybridized carbons (Fsp3) is 0.529. The van der Waals surface area contributed by atoms with Crippen molar-refractivity contribution in [2.24, 2.45) is 0 Å². The van der Waals surface area contributed by atoms with Crippen LogP contribution in [0.15, 0.2) is 54.6 Å². The number of unbranched alkanes of at least 4 members (excludes halogenated alkanes) is 13. The second-order valence-corrected chi connectivity index (χ2v) is 16.3. The second kappa shape index (κ2) is 44.5. The first kappa shape index (κ1) is 72.1. The number of hydrogen-bond donors (Lipinski definition) is 2. The van der Waals surface area contributed by atoms with E-state index in [9.17, 15) is 49.2 Å². The smallest absolute Gasteiger partial charge is 0.872 e. The van der Waals surface area contributed by atoms with Crippen molar-refractivity contribution < 1.29 is 143 Å². The van der Waals surface area contributed by atoms with Crippen LogP contribution in [-0.2, 0) is 14.4 Å². The number of rotatable bonds is 29. The minimum Gasteiger partial charge on any atom is -0.872 e. The molecule has 0 saturated heterocycles. The molecule has 0 spiro atoms. The Bertz CT molecular complexity index is 1880. The number of ketones is 3. The molecule has 3 aromatic carbocycles. The van der Waals surface area contributed by atoms with Crippen molar-refractivity contribution in [2.45, 2.75) is 157 Å². The predicted molar refractivity (Wildman–Crippen MR) is 248 cm³/mol. The van der Waals surface area contributed by atoms with Gasteiger partial charge in [0.05, 0.1) is 7.11 Å². The van der Waals surface area contributed by atoms with Crippen LogP contribution >= 0.6 is 11.6 Å². The van der Waals surface area contributed by atoms with E-state index in [0.717, 1.165) is 96.3 Å². The zero-order valence-electron chi connectivity index (χ0n) is 41.1. The molecule has 3 aromatic rings. The zero-order chi connectivity index (χ0) is 47.7. The number of carboxylic acids is 1. The molecule has 0 atom stereocenters. The molecule has 0 fully saturated rings. The minimum atomic E-state index is -1.00. The number of benzene rings is 3. The van der Waals surface area contributed by atoms with E-state index >= 15 is 0 Å². The summed E-state index contributed by atoms with van der Waals surface area (Å²) in [6.07, 6.45) is 16.7. The summed E-state index contributed by atoms with van der Waals surface area (Å²) in [5.74, 6) is -1.68. The zero-order valence-corrected chi connectivity index (χ0v) is 47.9. The molecule has 68 heavy (non-hydrogen) atoms. The first-order valence-corrected chi connectivity index (χ1v) is 22.8. The number of nitrogens with one attached hydrogen (secondary N) is 2. The van der Waals surface area contributed by atoms with Crippen LogP contribution in [-0.4, -0.2) is 55.3 Å². The van der Waals surface area contributed by atoms with E-state index in [1.807, 2.05) is 0 Å². The third-order valence-electron chi connectivity index (χ3n) is 10.1. The van der Waals surface area contributed by atoms with Crippen molar-refractivity contribution in [3.8, 4) is 23.0 Å². The number of hydrogen-bond acceptors (Lipinski definition) is 11. The molecule has 3 rings (SSSR count). The number of amides is 2. The Balaban J connectivity index is -0.000000439. The SMILES string of the molecule is C.CC(=O)CCCCCCCNC(=O)c1cc(Cl)ccc1[O-].CC(=O)CCCCCCCNC(=O)c1cccc(C)c1[O-].COc1ccc(C(=O)CCCCCCCCC(=O)[O-])c([O-])c1.[Na+].[Na+].[Na+]. The number of ether oxygens (including phenoxy) is 1. The van der Waals surface area contributed by atoms with Gasteiger partial charge in [0.15, 0.2) is 5.78 Å². The number of Topliss-reactive ketones (excluding diaryl/α,β-unsaturated/α-hetero) is 3. The van der Waals surface area contributed by atoms with Crippen LogP contribution < -0.4 is 124 Å². The van der Waals surface area contributed by atoms with Gasteiger partial charge in [-0.3, -0.25) is 14.4 Å². The Labute approximate surface area is 477 Å². The molecule has 0 aliphatic rings. The van der Waals surface area contributed by atoms with E-state index in [1.54, 1.807) is 45.0 Å². The molecular formula is C51H71ClN2Na3O11-. The van der Waals surface area contributed by atoms with E-state index in [2.05, 4.69) is 10.6 Å². The number of aryl methyl sites for hydroxylation is 1. The Morgan fingerprint density at radius 2 is 1.00 bits per heavy atom. The topological polar surface area (TPSA) is 228 Å². The summed E-state index contributed by atoms with van der Waals surface area (Å²) >= 11 is 5.77. The summed E-state index contributed by atoms with van der Waals surface area (Å²) in [4.78, 5) is 67.4. The molecule has 0 saturated carbocycles. The third kappa shape index (κ3) is 34.8. The largest absolute Gasteiger partial charge is 1.00 e. The fourth-order valence-corrected chi connectivity index (χ4v) is 6.59. The molecule has 0 aliphatic carbocycles. The Morgan fingerprint density at radius 3 is 1.47 bits per heavy atom. The molecule has 0 unspecified atom stereocenters. The number of methoxy groups -OCH3 is 1. The monoisotopic (exact) mass is 991 g/mol. The van der Waals surface area contributed by atoms with Gasteiger partial charge in [-0.2, -0.15) is 0 Å². The maximum absolute atomic E-state index is 12.0. The summed E-state index contributed by atoms with van der Waals surface area (Å²) in [5, 5.41) is 51.2. The van der Waals surface area contributed by atoms with E-state index in [-0.39, 0.29) is 166 Å². The van der Waals surface area contributed by atoms with Crippen molar-refractivity contribution in [3.05, 3.63) is 81.9 Å². The quantitative estimate of drug-likeness (QED) is 0.0501. The van der Waals surface area contributed by atoms with Crippen LogP contribution in [0.2, 0.25) is 5.02 Å². The summed E-state index contributed by atoms with van der Waals surface area (Å²) in [7, 11) is 1.48. The summed E-state index contributed by atoms with van der Waals surface area (Å²) in [6.45, 7) is 6.05. The van der Waals surface area contributed by atoms with E-state index < -0.39 is 5.97 Å². The molecule has 0 aliphatic heterocycles. The number of aliphatic carboxylic acids is 1. The standard InChI is InChI=1S/C17H25NO3.C17H24O5.C16H22ClNO3.CH4.3Na/c1-13-9-8-11-15(16(13)20)17(21)18-12-7-5-3-4-6-10-14(2)19;1-22-13-10-11-14(16(19)12-13)15(18)8-6-4-2-3-5-7-9-17(20)21;1-12(19)7-5-3-2-4-6-10-18-16(21)14-11-13(17)8-9-15(14)20;;;;/h8-9,11,20H,3-7,10,12H2,1-2H3,(H,18,21);10-12,19H,2-9H2,1H3,(H,20,21);8-9,11,20H,2-7,10H2,1H3,(H,18,21);1H4;;;/q;;;;3*+1/p-4. The predicted octanol–water partition coefficient (Wildman–Crippen LogP) is -0.729. The number of halogens is 1. The van der Waals surface area contributed by atoms with Gasteiger partial charge in [-0.25, -0.2) is 0 Å². The van der Waals surface area contributed by atoms with Crippen LogP contribution in [0, 0.1) is 6.92 Å². The van der Waals surface area contributed by atoms with E-state index in [4.69, 9.17) is 16.3 Å². The Morgan fingerprint density at radius 1 is 0.544 bits per heavy atom. The van der Waals surface area contributed by atoms with Crippen LogP contribution in [0.3, 0.4) is 0 Å². The molecule has 0 radical (unpaired) electrons. The number of carbonyl (C=O) groups is 6. The van der Waals surface area contributed by atoms with Gasteiger partial charge >= 0.3 is 88.7 Å². The number of carbonyl (C=O) groups excluding carboxylic acids is 6. The van der Waals surface area contributed by atoms with Gasteiger partial charge in [-0.1, -0.05) is 130 Å². The summed E-state index contributed by atoms with van der Waals surface area (Å²) in [5.41, 5.74) is 1.11. The van der Waals surface area contributed by atoms with Gasteiger partial charge in [0.25, 0.3) is 11.8 Å². The molecule has 0 aromatic heterocycles. The average molecular weight is 993 g/mol. The van der Waals surface area contributed by atoms with Crippen molar-refractivity contribution in [2.75, 3.05) is 20.2 Å². The van der Waals surface area contributed by atoms with Gasteiger partial charge < -0.3 is 50.2 Å². The van der Waals surface area contributed by atoms with Gasteiger partial charge in [-0.05, 0) is 96.0 Å². The molecule has 362 valence electrons. The van der Waals surface area contributed by atoms with Crippen LogP contribution in [0.4, 0.5) is 0 Å². The first-order chi connectivity index (χ1) is 30.6. The van der Waals surface area contributed by atoms with Crippen molar-refractivity contribution >= 4 is 46.7 Å². The number of para-hydroxylation sites is 1. The van der Waals surface area contributed by atoms with Crippen molar-refractivity contribution in [3.63, 3.8) is 0 Å². The maximum atomic E-state index is 12.0. The number of carboxylic acid groups (broad SMARTS) is 1. The van der Waals surface area contributed by atoms with Crippen molar-refractivity contribution in [1.82, 2.24) is 10.6 Å². The van der Waals surface area contributed by atoms with Gasteiger partial charge in [0.1, 0.15) is 17.3 Å². The molecule has 2 amide bonds. The maximum Gasteiger partial charge on any atom is 1.00 e. The van der Waals surface area contributed by atoms with Crippen LogP contribution in [0.1, 0.15) is 186 Å². The first-order valence-electron chi connectivity index (χ1n) is 22.4. The molecule has 13 nitrogen and oxygen atoms in total. The normalized spacial score (nSPS) is 9.78. The van der Waals surface area contributed by atoms with Crippen LogP contribution in [0.5, 0.6) is 23.0 Å².